The first-order chi connectivity index (χ1) is 9.02. The van der Waals surface area contributed by atoms with Gasteiger partial charge in [-0.1, -0.05) is 26.2 Å². The average molecular weight is 275 g/mol. The second kappa shape index (κ2) is 7.96. The van der Waals surface area contributed by atoms with Crippen LogP contribution in [-0.2, 0) is 14.3 Å². The number of carbonyl (C=O) groups excluding carboxylic acids is 2. The molecule has 1 N–H and O–H groups in total. The first-order valence-corrected chi connectivity index (χ1v) is 6.84. The highest BCUT2D eigenvalue weighted by Crippen LogP contribution is 2.25. The fraction of sp³-hybridized carbons (Fsp3) is 0.846. The quantitative estimate of drug-likeness (QED) is 0.476. The lowest BCUT2D eigenvalue weighted by Gasteiger charge is -2.22. The van der Waals surface area contributed by atoms with Crippen LogP contribution in [0.3, 0.4) is 0 Å². The standard InChI is InChI=1S/C13H22FNO4/c1-3-11(14)15-13(17)19-9(2)18-12(16)10-7-5-4-6-8-10/h9-11H,3-8H2,1-2H3,(H,15,17). The molecule has 1 rings (SSSR count). The zero-order valence-electron chi connectivity index (χ0n) is 11.5. The molecule has 1 aliphatic carbocycles. The van der Waals surface area contributed by atoms with E-state index in [4.69, 9.17) is 9.47 Å². The minimum atomic E-state index is -1.45. The monoisotopic (exact) mass is 275 g/mol. The Morgan fingerprint density at radius 2 is 1.89 bits per heavy atom. The van der Waals surface area contributed by atoms with Gasteiger partial charge in [0.25, 0.3) is 0 Å². The number of halogens is 1. The number of rotatable bonds is 5. The minimum absolute atomic E-state index is 0.104. The average Bonchev–Trinajstić information content (AvgIpc) is 2.39. The topological polar surface area (TPSA) is 64.6 Å². The highest BCUT2D eigenvalue weighted by Gasteiger charge is 2.25. The van der Waals surface area contributed by atoms with Crippen molar-refractivity contribution < 1.29 is 23.5 Å². The molecule has 2 unspecified atom stereocenters. The van der Waals surface area contributed by atoms with Gasteiger partial charge in [0, 0.05) is 6.92 Å². The Morgan fingerprint density at radius 3 is 2.47 bits per heavy atom. The van der Waals surface area contributed by atoms with Gasteiger partial charge in [-0.05, 0) is 19.3 Å². The fourth-order valence-electron chi connectivity index (χ4n) is 2.04. The van der Waals surface area contributed by atoms with Gasteiger partial charge >= 0.3 is 12.1 Å². The van der Waals surface area contributed by atoms with Crippen molar-refractivity contribution >= 4 is 12.1 Å². The Labute approximate surface area is 112 Å². The molecule has 110 valence electrons. The van der Waals surface area contributed by atoms with Crippen molar-refractivity contribution in [2.45, 2.75) is 65.0 Å². The molecule has 1 aliphatic rings. The van der Waals surface area contributed by atoms with Crippen LogP contribution in [0.15, 0.2) is 0 Å². The van der Waals surface area contributed by atoms with Crippen LogP contribution >= 0.6 is 0 Å². The molecule has 1 fully saturated rings. The number of esters is 1. The number of ether oxygens (including phenoxy) is 2. The summed E-state index contributed by atoms with van der Waals surface area (Å²) in [6, 6.07) is 0. The maximum absolute atomic E-state index is 12.9. The van der Waals surface area contributed by atoms with Crippen LogP contribution in [0.1, 0.15) is 52.4 Å². The summed E-state index contributed by atoms with van der Waals surface area (Å²) in [7, 11) is 0. The molecular weight excluding hydrogens is 253 g/mol. The molecule has 0 saturated heterocycles. The van der Waals surface area contributed by atoms with E-state index < -0.39 is 18.7 Å². The Hall–Kier alpha value is -1.33. The van der Waals surface area contributed by atoms with Crippen molar-refractivity contribution in [3.8, 4) is 0 Å². The number of alkyl halides is 1. The molecule has 0 aromatic carbocycles. The van der Waals surface area contributed by atoms with E-state index in [0.717, 1.165) is 32.1 Å². The largest absolute Gasteiger partial charge is 0.425 e. The number of hydrogen-bond donors (Lipinski definition) is 1. The molecule has 1 saturated carbocycles. The summed E-state index contributed by atoms with van der Waals surface area (Å²) in [6.45, 7) is 3.04. The SMILES string of the molecule is CCC(F)NC(=O)OC(C)OC(=O)C1CCCCC1. The highest BCUT2D eigenvalue weighted by atomic mass is 19.1. The summed E-state index contributed by atoms with van der Waals surface area (Å²) < 4.78 is 22.6. The second-order valence-electron chi connectivity index (χ2n) is 4.76. The predicted molar refractivity (Wildman–Crippen MR) is 66.9 cm³/mol. The van der Waals surface area contributed by atoms with Gasteiger partial charge in [-0.2, -0.15) is 0 Å². The summed E-state index contributed by atoms with van der Waals surface area (Å²) >= 11 is 0. The fourth-order valence-corrected chi connectivity index (χ4v) is 2.04. The molecule has 0 radical (unpaired) electrons. The summed E-state index contributed by atoms with van der Waals surface area (Å²) in [5, 5.41) is 1.99. The molecule has 0 aromatic rings. The molecule has 0 aliphatic heterocycles. The van der Waals surface area contributed by atoms with Crippen molar-refractivity contribution in [3.05, 3.63) is 0 Å². The van der Waals surface area contributed by atoms with Crippen LogP contribution < -0.4 is 5.32 Å². The van der Waals surface area contributed by atoms with Crippen molar-refractivity contribution in [3.63, 3.8) is 0 Å². The maximum atomic E-state index is 12.9. The number of amides is 1. The Bertz CT molecular complexity index is 305. The van der Waals surface area contributed by atoms with Crippen molar-refractivity contribution in [2.24, 2.45) is 5.92 Å². The molecule has 6 heteroatoms. The van der Waals surface area contributed by atoms with E-state index in [1.165, 1.54) is 6.92 Å². The van der Waals surface area contributed by atoms with Gasteiger partial charge in [0.1, 0.15) is 0 Å². The third-order valence-electron chi connectivity index (χ3n) is 3.13. The van der Waals surface area contributed by atoms with Gasteiger partial charge in [0.15, 0.2) is 6.30 Å². The van der Waals surface area contributed by atoms with E-state index in [2.05, 4.69) is 0 Å². The van der Waals surface area contributed by atoms with E-state index in [-0.39, 0.29) is 18.3 Å². The molecule has 0 aromatic heterocycles. The lowest BCUT2D eigenvalue weighted by Crippen LogP contribution is -2.35. The van der Waals surface area contributed by atoms with E-state index in [9.17, 15) is 14.0 Å². The minimum Gasteiger partial charge on any atom is -0.425 e. The normalized spacial score (nSPS) is 19.3. The van der Waals surface area contributed by atoms with E-state index in [1.54, 1.807) is 6.92 Å². The third kappa shape index (κ3) is 5.89. The maximum Gasteiger partial charge on any atom is 0.412 e. The highest BCUT2D eigenvalue weighted by molar-refractivity contribution is 5.73. The van der Waals surface area contributed by atoms with Gasteiger partial charge in [0.2, 0.25) is 6.29 Å². The van der Waals surface area contributed by atoms with Crippen LogP contribution in [0.25, 0.3) is 0 Å². The Balaban J connectivity index is 2.27. The van der Waals surface area contributed by atoms with Gasteiger partial charge in [-0.3, -0.25) is 10.1 Å². The van der Waals surface area contributed by atoms with Gasteiger partial charge < -0.3 is 9.47 Å². The van der Waals surface area contributed by atoms with Gasteiger partial charge in [0.05, 0.1) is 5.92 Å². The summed E-state index contributed by atoms with van der Waals surface area (Å²) in [6.07, 6.45) is 1.62. The van der Waals surface area contributed by atoms with Crippen LogP contribution in [0.2, 0.25) is 0 Å². The Morgan fingerprint density at radius 1 is 1.26 bits per heavy atom. The molecule has 0 spiro atoms. The molecule has 2 atom stereocenters. The second-order valence-corrected chi connectivity index (χ2v) is 4.76. The van der Waals surface area contributed by atoms with E-state index >= 15 is 0 Å². The molecular formula is C13H22FNO4. The van der Waals surface area contributed by atoms with Crippen LogP contribution in [-0.4, -0.2) is 24.6 Å². The molecule has 0 bridgehead atoms. The molecule has 5 nitrogen and oxygen atoms in total. The summed E-state index contributed by atoms with van der Waals surface area (Å²) in [4.78, 5) is 23.0. The third-order valence-corrected chi connectivity index (χ3v) is 3.13. The Kier molecular flexibility index (Phi) is 6.59. The zero-order chi connectivity index (χ0) is 14.3. The van der Waals surface area contributed by atoms with Crippen molar-refractivity contribution in [1.82, 2.24) is 5.32 Å². The first-order valence-electron chi connectivity index (χ1n) is 6.84. The zero-order valence-corrected chi connectivity index (χ0v) is 11.5. The molecule has 0 heterocycles. The van der Waals surface area contributed by atoms with Crippen LogP contribution in [0.5, 0.6) is 0 Å². The van der Waals surface area contributed by atoms with E-state index in [1.807, 2.05) is 5.32 Å². The van der Waals surface area contributed by atoms with Crippen LogP contribution in [0.4, 0.5) is 9.18 Å². The predicted octanol–water partition coefficient (Wildman–Crippen LogP) is 2.89. The first kappa shape index (κ1) is 15.7. The van der Waals surface area contributed by atoms with E-state index in [0.29, 0.717) is 0 Å². The smallest absolute Gasteiger partial charge is 0.412 e. The van der Waals surface area contributed by atoms with Crippen LogP contribution in [0, 0.1) is 5.92 Å². The molecule has 19 heavy (non-hydrogen) atoms. The number of alkyl carbamates (subject to hydrolysis) is 1. The number of nitrogens with one attached hydrogen (secondary N) is 1. The number of hydrogen-bond acceptors (Lipinski definition) is 4. The summed E-state index contributed by atoms with van der Waals surface area (Å²) in [5.41, 5.74) is 0. The lowest BCUT2D eigenvalue weighted by atomic mass is 9.89. The van der Waals surface area contributed by atoms with Gasteiger partial charge in [-0.15, -0.1) is 0 Å². The van der Waals surface area contributed by atoms with Gasteiger partial charge in [-0.25, -0.2) is 9.18 Å². The number of carbonyl (C=O) groups is 2. The molecule has 1 amide bonds. The van der Waals surface area contributed by atoms with Crippen molar-refractivity contribution in [1.29, 1.82) is 0 Å². The summed E-state index contributed by atoms with van der Waals surface area (Å²) in [5.74, 6) is -0.445. The van der Waals surface area contributed by atoms with Crippen molar-refractivity contribution in [2.75, 3.05) is 0 Å². The lowest BCUT2D eigenvalue weighted by molar-refractivity contribution is -0.171.